The van der Waals surface area contributed by atoms with E-state index in [4.69, 9.17) is 0 Å². The van der Waals surface area contributed by atoms with Crippen molar-refractivity contribution in [3.63, 3.8) is 0 Å². The number of likely N-dealkylation sites (N-methyl/N-ethyl adjacent to an activating group) is 1. The van der Waals surface area contributed by atoms with Crippen molar-refractivity contribution in [3.8, 4) is 0 Å². The average molecular weight is 418 g/mol. The van der Waals surface area contributed by atoms with Gasteiger partial charge in [-0.05, 0) is 18.2 Å². The molecule has 1 saturated heterocycles. The maximum absolute atomic E-state index is 12.9. The van der Waals surface area contributed by atoms with E-state index in [1.165, 1.54) is 28.6 Å². The molecule has 0 bridgehead atoms. The lowest BCUT2D eigenvalue weighted by Crippen LogP contribution is -2.51. The summed E-state index contributed by atoms with van der Waals surface area (Å²) in [6.07, 6.45) is 0. The summed E-state index contributed by atoms with van der Waals surface area (Å²) in [5.41, 5.74) is 0.352. The highest BCUT2D eigenvalue weighted by Gasteiger charge is 2.33. The maximum Gasteiger partial charge on any atom is 0.289 e. The standard InChI is InChI=1S/C19H22N4O5S/c1-20(16-7-3-2-4-8-16)19(24)15-21-11-13-22(14-12-21)29(27,28)18-10-6-5-9-17(18)23(25)26/h2-10H,11-15H2,1H3. The molecule has 1 amide bonds. The predicted molar refractivity (Wildman–Crippen MR) is 108 cm³/mol. The van der Waals surface area contributed by atoms with Crippen molar-refractivity contribution in [2.24, 2.45) is 0 Å². The van der Waals surface area contributed by atoms with Gasteiger partial charge >= 0.3 is 0 Å². The summed E-state index contributed by atoms with van der Waals surface area (Å²) in [5, 5.41) is 11.2. The fourth-order valence-corrected chi connectivity index (χ4v) is 4.77. The van der Waals surface area contributed by atoms with E-state index < -0.39 is 20.6 Å². The number of sulfonamides is 1. The number of nitrogens with zero attached hydrogens (tertiary/aromatic N) is 4. The van der Waals surface area contributed by atoms with Crippen LogP contribution in [0.2, 0.25) is 0 Å². The molecule has 10 heteroatoms. The Morgan fingerprint density at radius 1 is 1.03 bits per heavy atom. The molecule has 0 N–H and O–H groups in total. The van der Waals surface area contributed by atoms with E-state index in [1.807, 2.05) is 35.2 Å². The van der Waals surface area contributed by atoms with Crippen molar-refractivity contribution in [3.05, 3.63) is 64.7 Å². The zero-order valence-electron chi connectivity index (χ0n) is 16.0. The number of carbonyl (C=O) groups is 1. The van der Waals surface area contributed by atoms with Crippen LogP contribution >= 0.6 is 0 Å². The minimum Gasteiger partial charge on any atom is -0.314 e. The molecular formula is C19H22N4O5S. The van der Waals surface area contributed by atoms with Crippen LogP contribution in [-0.2, 0) is 14.8 Å². The van der Waals surface area contributed by atoms with Crippen LogP contribution in [0, 0.1) is 10.1 Å². The van der Waals surface area contributed by atoms with Crippen molar-refractivity contribution in [1.29, 1.82) is 0 Å². The minimum absolute atomic E-state index is 0.0915. The molecule has 2 aromatic carbocycles. The Hall–Kier alpha value is -2.82. The molecule has 9 nitrogen and oxygen atoms in total. The van der Waals surface area contributed by atoms with Gasteiger partial charge in [0, 0.05) is 45.0 Å². The third-order valence-corrected chi connectivity index (χ3v) is 6.83. The number of anilines is 1. The topological polar surface area (TPSA) is 104 Å². The third kappa shape index (κ3) is 4.61. The summed E-state index contributed by atoms with van der Waals surface area (Å²) >= 11 is 0. The van der Waals surface area contributed by atoms with Gasteiger partial charge in [-0.15, -0.1) is 0 Å². The molecule has 1 aliphatic heterocycles. The normalized spacial score (nSPS) is 15.8. The first-order valence-electron chi connectivity index (χ1n) is 9.08. The fraction of sp³-hybridized carbons (Fsp3) is 0.316. The van der Waals surface area contributed by atoms with Crippen molar-refractivity contribution in [2.75, 3.05) is 44.7 Å². The zero-order chi connectivity index (χ0) is 21.0. The first-order chi connectivity index (χ1) is 13.8. The Morgan fingerprint density at radius 2 is 1.62 bits per heavy atom. The molecule has 0 aliphatic carbocycles. The molecule has 0 atom stereocenters. The number of para-hydroxylation sites is 2. The van der Waals surface area contributed by atoms with Gasteiger partial charge in [0.05, 0.1) is 11.5 Å². The van der Waals surface area contributed by atoms with E-state index in [-0.39, 0.29) is 30.4 Å². The van der Waals surface area contributed by atoms with Crippen molar-refractivity contribution >= 4 is 27.3 Å². The summed E-state index contributed by atoms with van der Waals surface area (Å²) < 4.78 is 27.0. The first-order valence-corrected chi connectivity index (χ1v) is 10.5. The maximum atomic E-state index is 12.9. The molecule has 1 heterocycles. The minimum atomic E-state index is -3.98. The Balaban J connectivity index is 1.63. The molecule has 0 saturated carbocycles. The number of carbonyl (C=O) groups excluding carboxylic acids is 1. The second-order valence-corrected chi connectivity index (χ2v) is 8.60. The van der Waals surface area contributed by atoms with Gasteiger partial charge in [-0.2, -0.15) is 4.31 Å². The van der Waals surface area contributed by atoms with Gasteiger partial charge in [0.2, 0.25) is 15.9 Å². The lowest BCUT2D eigenvalue weighted by atomic mass is 10.3. The van der Waals surface area contributed by atoms with Gasteiger partial charge in [-0.25, -0.2) is 8.42 Å². The number of nitro benzene ring substituents is 1. The predicted octanol–water partition coefficient (Wildman–Crippen LogP) is 1.56. The highest BCUT2D eigenvalue weighted by atomic mass is 32.2. The first kappa shape index (κ1) is 20.9. The number of nitro groups is 1. The molecule has 2 aromatic rings. The molecule has 1 fully saturated rings. The number of amides is 1. The van der Waals surface area contributed by atoms with E-state index in [0.29, 0.717) is 13.1 Å². The zero-order valence-corrected chi connectivity index (χ0v) is 16.8. The van der Waals surface area contributed by atoms with Crippen molar-refractivity contribution in [2.45, 2.75) is 4.90 Å². The molecule has 0 radical (unpaired) electrons. The summed E-state index contributed by atoms with van der Waals surface area (Å²) in [5.74, 6) is -0.0915. The second-order valence-electron chi connectivity index (χ2n) is 6.69. The van der Waals surface area contributed by atoms with Gasteiger partial charge in [-0.1, -0.05) is 30.3 Å². The monoisotopic (exact) mass is 418 g/mol. The van der Waals surface area contributed by atoms with Crippen LogP contribution < -0.4 is 4.90 Å². The quantitative estimate of drug-likeness (QED) is 0.521. The van der Waals surface area contributed by atoms with Crippen LogP contribution in [-0.4, -0.2) is 68.2 Å². The third-order valence-electron chi connectivity index (χ3n) is 4.89. The number of piperazine rings is 1. The van der Waals surface area contributed by atoms with Crippen LogP contribution in [0.1, 0.15) is 0 Å². The van der Waals surface area contributed by atoms with E-state index in [0.717, 1.165) is 5.69 Å². The molecule has 154 valence electrons. The highest BCUT2D eigenvalue weighted by molar-refractivity contribution is 7.89. The van der Waals surface area contributed by atoms with Gasteiger partial charge < -0.3 is 4.90 Å². The average Bonchev–Trinajstić information content (AvgIpc) is 2.74. The molecule has 0 unspecified atom stereocenters. The van der Waals surface area contributed by atoms with Crippen molar-refractivity contribution < 1.29 is 18.1 Å². The van der Waals surface area contributed by atoms with Gasteiger partial charge in [-0.3, -0.25) is 19.8 Å². The number of rotatable bonds is 6. The molecule has 0 aromatic heterocycles. The van der Waals surface area contributed by atoms with Gasteiger partial charge in [0.15, 0.2) is 4.90 Å². The van der Waals surface area contributed by atoms with E-state index in [9.17, 15) is 23.3 Å². The number of hydrogen-bond acceptors (Lipinski definition) is 6. The van der Waals surface area contributed by atoms with Crippen LogP contribution in [0.25, 0.3) is 0 Å². The summed E-state index contributed by atoms with van der Waals surface area (Å²) in [6, 6.07) is 14.6. The van der Waals surface area contributed by atoms with Gasteiger partial charge in [0.25, 0.3) is 5.69 Å². The summed E-state index contributed by atoms with van der Waals surface area (Å²) in [7, 11) is -2.28. The van der Waals surface area contributed by atoms with E-state index in [1.54, 1.807) is 11.9 Å². The Morgan fingerprint density at radius 3 is 2.24 bits per heavy atom. The highest BCUT2D eigenvalue weighted by Crippen LogP contribution is 2.27. The van der Waals surface area contributed by atoms with Crippen LogP contribution in [0.4, 0.5) is 11.4 Å². The van der Waals surface area contributed by atoms with Crippen LogP contribution in [0.3, 0.4) is 0 Å². The molecule has 0 spiro atoms. The van der Waals surface area contributed by atoms with E-state index >= 15 is 0 Å². The smallest absolute Gasteiger partial charge is 0.289 e. The fourth-order valence-electron chi connectivity index (χ4n) is 3.19. The van der Waals surface area contributed by atoms with Crippen LogP contribution in [0.15, 0.2) is 59.5 Å². The van der Waals surface area contributed by atoms with Crippen LogP contribution in [0.5, 0.6) is 0 Å². The summed E-state index contributed by atoms with van der Waals surface area (Å²) in [6.45, 7) is 1.24. The molecular weight excluding hydrogens is 396 g/mol. The molecule has 3 rings (SSSR count). The van der Waals surface area contributed by atoms with Crippen molar-refractivity contribution in [1.82, 2.24) is 9.21 Å². The Bertz CT molecular complexity index is 989. The molecule has 1 aliphatic rings. The molecule has 29 heavy (non-hydrogen) atoms. The van der Waals surface area contributed by atoms with Gasteiger partial charge in [0.1, 0.15) is 0 Å². The Kier molecular flexibility index (Phi) is 6.26. The largest absolute Gasteiger partial charge is 0.314 e. The number of benzene rings is 2. The SMILES string of the molecule is CN(C(=O)CN1CCN(S(=O)(=O)c2ccccc2[N+](=O)[O-])CC1)c1ccccc1. The lowest BCUT2D eigenvalue weighted by molar-refractivity contribution is -0.387. The Labute approximate surface area is 169 Å². The van der Waals surface area contributed by atoms with E-state index in [2.05, 4.69) is 0 Å². The number of hydrogen-bond donors (Lipinski definition) is 0. The second kappa shape index (κ2) is 8.68. The lowest BCUT2D eigenvalue weighted by Gasteiger charge is -2.34. The summed E-state index contributed by atoms with van der Waals surface area (Å²) in [4.78, 5) is 26.1.